The molecule has 1 amide bonds. The summed E-state index contributed by atoms with van der Waals surface area (Å²) in [6, 6.07) is 5.54. The summed E-state index contributed by atoms with van der Waals surface area (Å²) in [4.78, 5) is 12.2. The second-order valence-corrected chi connectivity index (χ2v) is 5.00. The minimum atomic E-state index is -0.157. The zero-order valence-electron chi connectivity index (χ0n) is 12.9. The number of aryl methyl sites for hydroxylation is 1. The number of aliphatic hydroxyl groups excluding tert-OH is 1. The molecule has 0 aliphatic heterocycles. The molecule has 0 atom stereocenters. The molecule has 0 unspecified atom stereocenters. The molecule has 4 nitrogen and oxygen atoms in total. The van der Waals surface area contributed by atoms with Gasteiger partial charge in [0.05, 0.1) is 24.9 Å². The normalized spacial score (nSPS) is 10.1. The van der Waals surface area contributed by atoms with Crippen molar-refractivity contribution in [2.24, 2.45) is 0 Å². The summed E-state index contributed by atoms with van der Waals surface area (Å²) in [5, 5.41) is 11.6. The van der Waals surface area contributed by atoms with Gasteiger partial charge >= 0.3 is 0 Å². The molecule has 0 radical (unpaired) electrons. The summed E-state index contributed by atoms with van der Waals surface area (Å²) in [7, 11) is 0. The number of benzene rings is 1. The fourth-order valence-corrected chi connectivity index (χ4v) is 1.73. The van der Waals surface area contributed by atoms with Gasteiger partial charge < -0.3 is 15.2 Å². The van der Waals surface area contributed by atoms with E-state index in [4.69, 9.17) is 9.84 Å². The van der Waals surface area contributed by atoms with Crippen LogP contribution in [-0.4, -0.2) is 36.9 Å². The SMILES string of the molecule is Cc1ccc(C(=O)NCCOC(C)C)c(C#CCCO)c1. The lowest BCUT2D eigenvalue weighted by molar-refractivity contribution is 0.0746. The summed E-state index contributed by atoms with van der Waals surface area (Å²) in [5.74, 6) is 5.64. The van der Waals surface area contributed by atoms with E-state index in [1.807, 2.05) is 32.9 Å². The van der Waals surface area contributed by atoms with Crippen molar-refractivity contribution in [2.75, 3.05) is 19.8 Å². The number of carbonyl (C=O) groups excluding carboxylic acids is 1. The predicted octanol–water partition coefficient (Wildman–Crippen LogP) is 1.88. The molecule has 2 N–H and O–H groups in total. The van der Waals surface area contributed by atoms with Crippen molar-refractivity contribution in [3.05, 3.63) is 34.9 Å². The van der Waals surface area contributed by atoms with Crippen LogP contribution in [0.3, 0.4) is 0 Å². The number of ether oxygens (including phenoxy) is 1. The third kappa shape index (κ3) is 6.44. The smallest absolute Gasteiger partial charge is 0.252 e. The van der Waals surface area contributed by atoms with Gasteiger partial charge in [-0.15, -0.1) is 0 Å². The van der Waals surface area contributed by atoms with Gasteiger partial charge in [-0.3, -0.25) is 4.79 Å². The zero-order chi connectivity index (χ0) is 15.7. The quantitative estimate of drug-likeness (QED) is 0.621. The van der Waals surface area contributed by atoms with Crippen LogP contribution in [0.2, 0.25) is 0 Å². The topological polar surface area (TPSA) is 58.6 Å². The van der Waals surface area contributed by atoms with Crippen molar-refractivity contribution in [1.82, 2.24) is 5.32 Å². The lowest BCUT2D eigenvalue weighted by atomic mass is 10.0. The van der Waals surface area contributed by atoms with Crippen LogP contribution >= 0.6 is 0 Å². The number of rotatable bonds is 6. The van der Waals surface area contributed by atoms with E-state index in [1.165, 1.54) is 0 Å². The Morgan fingerprint density at radius 3 is 2.86 bits per heavy atom. The zero-order valence-corrected chi connectivity index (χ0v) is 12.9. The number of hydrogen-bond acceptors (Lipinski definition) is 3. The van der Waals surface area contributed by atoms with E-state index in [0.29, 0.717) is 30.7 Å². The fraction of sp³-hybridized carbons (Fsp3) is 0.471. The van der Waals surface area contributed by atoms with Gasteiger partial charge in [-0.25, -0.2) is 0 Å². The number of hydrogen-bond donors (Lipinski definition) is 2. The number of amides is 1. The molecule has 21 heavy (non-hydrogen) atoms. The fourth-order valence-electron chi connectivity index (χ4n) is 1.73. The molecule has 1 aromatic carbocycles. The molecule has 0 saturated carbocycles. The van der Waals surface area contributed by atoms with E-state index in [-0.39, 0.29) is 18.6 Å². The van der Waals surface area contributed by atoms with Crippen LogP contribution in [0.15, 0.2) is 18.2 Å². The largest absolute Gasteiger partial charge is 0.395 e. The molecular formula is C17H23NO3. The Kier molecular flexibility index (Phi) is 7.52. The van der Waals surface area contributed by atoms with Crippen LogP contribution in [0, 0.1) is 18.8 Å². The van der Waals surface area contributed by atoms with Crippen LogP contribution in [0.1, 0.15) is 41.8 Å². The molecule has 0 bridgehead atoms. The summed E-state index contributed by atoms with van der Waals surface area (Å²) in [6.45, 7) is 6.84. The van der Waals surface area contributed by atoms with E-state index in [2.05, 4.69) is 17.2 Å². The van der Waals surface area contributed by atoms with Crippen LogP contribution < -0.4 is 5.32 Å². The third-order valence-corrected chi connectivity index (χ3v) is 2.72. The Hall–Kier alpha value is -1.83. The van der Waals surface area contributed by atoms with E-state index in [9.17, 15) is 4.79 Å². The second kappa shape index (κ2) is 9.17. The van der Waals surface area contributed by atoms with Gasteiger partial charge in [0.15, 0.2) is 0 Å². The van der Waals surface area contributed by atoms with Crippen LogP contribution in [-0.2, 0) is 4.74 Å². The Bertz CT molecular complexity index is 527. The van der Waals surface area contributed by atoms with Crippen LogP contribution in [0.25, 0.3) is 0 Å². The van der Waals surface area contributed by atoms with Gasteiger partial charge in [0.2, 0.25) is 0 Å². The molecule has 0 fully saturated rings. The van der Waals surface area contributed by atoms with E-state index in [1.54, 1.807) is 6.07 Å². The first-order chi connectivity index (χ1) is 10.0. The Morgan fingerprint density at radius 1 is 1.43 bits per heavy atom. The molecule has 0 saturated heterocycles. The summed E-state index contributed by atoms with van der Waals surface area (Å²) in [6.07, 6.45) is 0.554. The minimum Gasteiger partial charge on any atom is -0.395 e. The first-order valence-electron chi connectivity index (χ1n) is 7.14. The minimum absolute atomic E-state index is 0.0207. The average molecular weight is 289 g/mol. The maximum atomic E-state index is 12.2. The molecule has 4 heteroatoms. The number of carbonyl (C=O) groups is 1. The predicted molar refractivity (Wildman–Crippen MR) is 83.2 cm³/mol. The molecular weight excluding hydrogens is 266 g/mol. The second-order valence-electron chi connectivity index (χ2n) is 5.00. The van der Waals surface area contributed by atoms with Crippen molar-refractivity contribution in [1.29, 1.82) is 0 Å². The third-order valence-electron chi connectivity index (χ3n) is 2.72. The van der Waals surface area contributed by atoms with Gasteiger partial charge in [-0.05, 0) is 38.5 Å². The Morgan fingerprint density at radius 2 is 2.19 bits per heavy atom. The number of nitrogens with one attached hydrogen (secondary N) is 1. The molecule has 0 aromatic heterocycles. The van der Waals surface area contributed by atoms with Gasteiger partial charge in [0.1, 0.15) is 0 Å². The van der Waals surface area contributed by atoms with E-state index in [0.717, 1.165) is 5.56 Å². The molecule has 0 heterocycles. The molecule has 0 aliphatic rings. The molecule has 0 spiro atoms. The number of aliphatic hydroxyl groups is 1. The van der Waals surface area contributed by atoms with Crippen LogP contribution in [0.4, 0.5) is 0 Å². The lowest BCUT2D eigenvalue weighted by Crippen LogP contribution is -2.28. The van der Waals surface area contributed by atoms with Crippen molar-refractivity contribution < 1.29 is 14.6 Å². The van der Waals surface area contributed by atoms with Crippen molar-refractivity contribution in [2.45, 2.75) is 33.3 Å². The summed E-state index contributed by atoms with van der Waals surface area (Å²) in [5.41, 5.74) is 2.28. The van der Waals surface area contributed by atoms with Crippen molar-refractivity contribution in [3.8, 4) is 11.8 Å². The molecule has 0 aliphatic carbocycles. The maximum Gasteiger partial charge on any atom is 0.252 e. The molecule has 1 aromatic rings. The van der Waals surface area contributed by atoms with Crippen molar-refractivity contribution in [3.63, 3.8) is 0 Å². The Balaban J connectivity index is 2.72. The highest BCUT2D eigenvalue weighted by molar-refractivity contribution is 5.96. The standard InChI is InChI=1S/C17H23NO3/c1-13(2)21-11-9-18-17(20)16-8-7-14(3)12-15(16)6-4-5-10-19/h7-8,12-13,19H,5,9-11H2,1-3H3,(H,18,20). The summed E-state index contributed by atoms with van der Waals surface area (Å²) < 4.78 is 5.39. The lowest BCUT2D eigenvalue weighted by Gasteiger charge is -2.10. The van der Waals surface area contributed by atoms with E-state index >= 15 is 0 Å². The van der Waals surface area contributed by atoms with Gasteiger partial charge in [0, 0.05) is 18.5 Å². The highest BCUT2D eigenvalue weighted by Gasteiger charge is 2.09. The first-order valence-corrected chi connectivity index (χ1v) is 7.14. The van der Waals surface area contributed by atoms with Gasteiger partial charge in [0.25, 0.3) is 5.91 Å². The van der Waals surface area contributed by atoms with Crippen molar-refractivity contribution >= 4 is 5.91 Å². The highest BCUT2D eigenvalue weighted by atomic mass is 16.5. The molecule has 1 rings (SSSR count). The van der Waals surface area contributed by atoms with Gasteiger partial charge in [-0.1, -0.05) is 17.9 Å². The highest BCUT2D eigenvalue weighted by Crippen LogP contribution is 2.10. The van der Waals surface area contributed by atoms with Crippen LogP contribution in [0.5, 0.6) is 0 Å². The Labute approximate surface area is 126 Å². The monoisotopic (exact) mass is 289 g/mol. The molecule has 114 valence electrons. The summed E-state index contributed by atoms with van der Waals surface area (Å²) >= 11 is 0. The average Bonchev–Trinajstić information content (AvgIpc) is 2.43. The van der Waals surface area contributed by atoms with E-state index < -0.39 is 0 Å². The van der Waals surface area contributed by atoms with Gasteiger partial charge in [-0.2, -0.15) is 0 Å². The maximum absolute atomic E-state index is 12.2. The first kappa shape index (κ1) is 17.2.